The van der Waals surface area contributed by atoms with Crippen molar-refractivity contribution in [2.45, 2.75) is 39.2 Å². The van der Waals surface area contributed by atoms with Gasteiger partial charge in [0, 0.05) is 24.8 Å². The normalized spacial score (nSPS) is 15.0. The van der Waals surface area contributed by atoms with E-state index in [0.717, 1.165) is 25.0 Å². The van der Waals surface area contributed by atoms with Crippen LogP contribution in [0.25, 0.3) is 0 Å². The molecule has 1 aromatic heterocycles. The maximum atomic E-state index is 12.7. The lowest BCUT2D eigenvalue weighted by Crippen LogP contribution is -2.39. The average molecular weight is 385 g/mol. The molecule has 1 saturated heterocycles. The van der Waals surface area contributed by atoms with Gasteiger partial charge in [0.2, 0.25) is 0 Å². The molecule has 2 aromatic rings. The number of likely N-dealkylation sites (tertiary alicyclic amines) is 1. The van der Waals surface area contributed by atoms with Gasteiger partial charge >= 0.3 is 5.97 Å². The van der Waals surface area contributed by atoms with Crippen molar-refractivity contribution in [3.63, 3.8) is 0 Å². The van der Waals surface area contributed by atoms with E-state index in [1.165, 1.54) is 6.20 Å². The molecule has 1 N–H and O–H groups in total. The molecule has 1 fully saturated rings. The summed E-state index contributed by atoms with van der Waals surface area (Å²) >= 11 is 0. The average Bonchev–Trinajstić information content (AvgIpc) is 3.18. The van der Waals surface area contributed by atoms with Crippen molar-refractivity contribution >= 4 is 11.9 Å². The van der Waals surface area contributed by atoms with E-state index in [9.17, 15) is 9.59 Å². The summed E-state index contributed by atoms with van der Waals surface area (Å²) in [5.41, 5.74) is 0.844. The molecule has 0 bridgehead atoms. The zero-order chi connectivity index (χ0) is 20.1. The van der Waals surface area contributed by atoms with Gasteiger partial charge in [-0.1, -0.05) is 13.8 Å². The van der Waals surface area contributed by atoms with Crippen molar-refractivity contribution in [1.82, 2.24) is 14.7 Å². The molecule has 0 atom stereocenters. The lowest BCUT2D eigenvalue weighted by Gasteiger charge is -2.32. The Balaban J connectivity index is 1.52. The highest BCUT2D eigenvalue weighted by Crippen LogP contribution is 2.24. The van der Waals surface area contributed by atoms with E-state index < -0.39 is 5.97 Å². The number of carbonyl (C=O) groups is 2. The molecule has 28 heavy (non-hydrogen) atoms. The summed E-state index contributed by atoms with van der Waals surface area (Å²) in [6, 6.07) is 7.43. The van der Waals surface area contributed by atoms with Crippen molar-refractivity contribution in [3.8, 4) is 5.75 Å². The standard InChI is InChI=1S/C21H27N3O4/c1-15(2)9-12-28-19-5-3-16(4-6-19)20(25)23-10-7-18(8-11-23)24-14-17(13-22-24)21(26)27/h3-6,13-15,18H,7-12H2,1-2H3,(H,26,27). The summed E-state index contributed by atoms with van der Waals surface area (Å²) in [6.07, 6.45) is 5.43. The predicted molar refractivity (Wildman–Crippen MR) is 105 cm³/mol. The molecular formula is C21H27N3O4. The Bertz CT molecular complexity index is 805. The quantitative estimate of drug-likeness (QED) is 0.789. The van der Waals surface area contributed by atoms with Crippen LogP contribution in [0.1, 0.15) is 59.9 Å². The van der Waals surface area contributed by atoms with E-state index in [4.69, 9.17) is 9.84 Å². The van der Waals surface area contributed by atoms with Gasteiger partial charge in [0.1, 0.15) is 5.75 Å². The number of nitrogens with zero attached hydrogens (tertiary/aromatic N) is 3. The van der Waals surface area contributed by atoms with Crippen LogP contribution < -0.4 is 4.74 Å². The summed E-state index contributed by atoms with van der Waals surface area (Å²) < 4.78 is 7.41. The largest absolute Gasteiger partial charge is 0.494 e. The Morgan fingerprint density at radius 3 is 2.43 bits per heavy atom. The number of piperidine rings is 1. The predicted octanol–water partition coefficient (Wildman–Crippen LogP) is 3.48. The number of amides is 1. The Hall–Kier alpha value is -2.83. The smallest absolute Gasteiger partial charge is 0.338 e. The van der Waals surface area contributed by atoms with Gasteiger partial charge in [-0.3, -0.25) is 9.48 Å². The monoisotopic (exact) mass is 385 g/mol. The summed E-state index contributed by atoms with van der Waals surface area (Å²) in [5.74, 6) is 0.416. The topological polar surface area (TPSA) is 84.7 Å². The fourth-order valence-corrected chi connectivity index (χ4v) is 3.27. The number of hydrogen-bond donors (Lipinski definition) is 1. The fraction of sp³-hybridized carbons (Fsp3) is 0.476. The van der Waals surface area contributed by atoms with Gasteiger partial charge in [0.25, 0.3) is 5.91 Å². The van der Waals surface area contributed by atoms with E-state index in [-0.39, 0.29) is 17.5 Å². The van der Waals surface area contributed by atoms with Crippen LogP contribution in [0.3, 0.4) is 0 Å². The molecule has 0 unspecified atom stereocenters. The van der Waals surface area contributed by atoms with Crippen LogP contribution in [-0.4, -0.2) is 51.4 Å². The van der Waals surface area contributed by atoms with Crippen molar-refractivity contribution in [2.75, 3.05) is 19.7 Å². The number of hydrogen-bond acceptors (Lipinski definition) is 4. The highest BCUT2D eigenvalue weighted by Gasteiger charge is 2.25. The van der Waals surface area contributed by atoms with E-state index >= 15 is 0 Å². The molecule has 2 heterocycles. The lowest BCUT2D eigenvalue weighted by molar-refractivity contribution is 0.0688. The maximum absolute atomic E-state index is 12.7. The molecule has 0 saturated carbocycles. The van der Waals surface area contributed by atoms with E-state index in [1.807, 2.05) is 29.2 Å². The minimum absolute atomic E-state index is 0.0128. The van der Waals surface area contributed by atoms with Gasteiger partial charge in [-0.05, 0) is 49.4 Å². The first-order valence-corrected chi connectivity index (χ1v) is 9.73. The summed E-state index contributed by atoms with van der Waals surface area (Å²) in [5, 5.41) is 13.2. The summed E-state index contributed by atoms with van der Waals surface area (Å²) in [6.45, 7) is 6.24. The van der Waals surface area contributed by atoms with Gasteiger partial charge in [-0.15, -0.1) is 0 Å². The SMILES string of the molecule is CC(C)CCOc1ccc(C(=O)N2CCC(n3cc(C(=O)O)cn3)CC2)cc1. The molecule has 0 radical (unpaired) electrons. The van der Waals surface area contributed by atoms with E-state index in [0.29, 0.717) is 31.2 Å². The number of benzene rings is 1. The van der Waals surface area contributed by atoms with Crippen molar-refractivity contribution < 1.29 is 19.4 Å². The Morgan fingerprint density at radius 1 is 1.18 bits per heavy atom. The molecule has 1 aliphatic heterocycles. The van der Waals surface area contributed by atoms with Crippen molar-refractivity contribution in [1.29, 1.82) is 0 Å². The molecular weight excluding hydrogens is 358 g/mol. The van der Waals surface area contributed by atoms with Crippen molar-refractivity contribution in [2.24, 2.45) is 5.92 Å². The van der Waals surface area contributed by atoms with Gasteiger partial charge < -0.3 is 14.7 Å². The first-order chi connectivity index (χ1) is 13.4. The van der Waals surface area contributed by atoms with Crippen LogP contribution in [0.5, 0.6) is 5.75 Å². The molecule has 1 aliphatic rings. The van der Waals surface area contributed by atoms with Crippen molar-refractivity contribution in [3.05, 3.63) is 47.8 Å². The molecule has 0 aliphatic carbocycles. The first kappa shape index (κ1) is 19.9. The lowest BCUT2D eigenvalue weighted by atomic mass is 10.0. The van der Waals surface area contributed by atoms with E-state index in [1.54, 1.807) is 10.9 Å². The molecule has 0 spiro atoms. The third-order valence-electron chi connectivity index (χ3n) is 5.04. The molecule has 1 amide bonds. The second-order valence-electron chi connectivity index (χ2n) is 7.59. The highest BCUT2D eigenvalue weighted by molar-refractivity contribution is 5.94. The van der Waals surface area contributed by atoms with Crippen LogP contribution in [-0.2, 0) is 0 Å². The number of aromatic nitrogens is 2. The molecule has 1 aromatic carbocycles. The fourth-order valence-electron chi connectivity index (χ4n) is 3.27. The Labute approximate surface area is 164 Å². The first-order valence-electron chi connectivity index (χ1n) is 9.73. The number of aromatic carboxylic acids is 1. The summed E-state index contributed by atoms with van der Waals surface area (Å²) in [7, 11) is 0. The Morgan fingerprint density at radius 2 is 1.86 bits per heavy atom. The van der Waals surface area contributed by atoms with E-state index in [2.05, 4.69) is 18.9 Å². The van der Waals surface area contributed by atoms with Gasteiger partial charge in [-0.25, -0.2) is 4.79 Å². The zero-order valence-corrected chi connectivity index (χ0v) is 16.4. The number of ether oxygens (including phenoxy) is 1. The number of rotatable bonds is 7. The zero-order valence-electron chi connectivity index (χ0n) is 16.4. The van der Waals surface area contributed by atoms with Gasteiger partial charge in [0.05, 0.1) is 24.4 Å². The molecule has 150 valence electrons. The minimum atomic E-state index is -0.976. The summed E-state index contributed by atoms with van der Waals surface area (Å²) in [4.78, 5) is 25.6. The number of carboxylic acid groups (broad SMARTS) is 1. The third kappa shape index (κ3) is 4.91. The molecule has 3 rings (SSSR count). The maximum Gasteiger partial charge on any atom is 0.338 e. The second kappa shape index (κ2) is 8.91. The number of carboxylic acids is 1. The van der Waals surface area contributed by atoms with Gasteiger partial charge in [0.15, 0.2) is 0 Å². The molecule has 7 heteroatoms. The Kier molecular flexibility index (Phi) is 6.34. The number of carbonyl (C=O) groups excluding carboxylic acids is 1. The van der Waals surface area contributed by atoms with Crippen LogP contribution in [0.2, 0.25) is 0 Å². The highest BCUT2D eigenvalue weighted by atomic mass is 16.5. The molecule has 7 nitrogen and oxygen atoms in total. The second-order valence-corrected chi connectivity index (χ2v) is 7.59. The van der Waals surface area contributed by atoms with Crippen LogP contribution >= 0.6 is 0 Å². The van der Waals surface area contributed by atoms with Crippen LogP contribution in [0, 0.1) is 5.92 Å². The van der Waals surface area contributed by atoms with Crippen LogP contribution in [0.15, 0.2) is 36.7 Å². The third-order valence-corrected chi connectivity index (χ3v) is 5.04. The minimum Gasteiger partial charge on any atom is -0.494 e. The van der Waals surface area contributed by atoms with Crippen LogP contribution in [0.4, 0.5) is 0 Å². The van der Waals surface area contributed by atoms with Gasteiger partial charge in [-0.2, -0.15) is 5.10 Å².